The highest BCUT2D eigenvalue weighted by Crippen LogP contribution is 2.07. The lowest BCUT2D eigenvalue weighted by Gasteiger charge is -2.03. The maximum atomic E-state index is 10.5. The summed E-state index contributed by atoms with van der Waals surface area (Å²) < 4.78 is 0. The van der Waals surface area contributed by atoms with E-state index in [1.54, 1.807) is 6.92 Å². The number of carbonyl (C=O) groups excluding carboxylic acids is 1. The van der Waals surface area contributed by atoms with Crippen molar-refractivity contribution in [1.82, 2.24) is 0 Å². The highest BCUT2D eigenvalue weighted by molar-refractivity contribution is 5.92. The van der Waals surface area contributed by atoms with Crippen LogP contribution in [0, 0.1) is 5.92 Å². The molecule has 4 heteroatoms. The first-order valence-corrected chi connectivity index (χ1v) is 3.70. The number of aliphatic carboxylic acids is 1. The van der Waals surface area contributed by atoms with Crippen LogP contribution in [-0.4, -0.2) is 17.0 Å². The molecule has 0 saturated heterocycles. The van der Waals surface area contributed by atoms with Gasteiger partial charge in [0, 0.05) is 5.57 Å². The summed E-state index contributed by atoms with van der Waals surface area (Å²) in [6.45, 7) is 3.25. The van der Waals surface area contributed by atoms with Gasteiger partial charge in [-0.1, -0.05) is 13.0 Å². The topological polar surface area (TPSA) is 80.4 Å². The summed E-state index contributed by atoms with van der Waals surface area (Å²) >= 11 is 0. The third-order valence-electron chi connectivity index (χ3n) is 1.60. The van der Waals surface area contributed by atoms with E-state index in [0.717, 1.165) is 0 Å². The summed E-state index contributed by atoms with van der Waals surface area (Å²) in [5.74, 6) is -2.12. The Morgan fingerprint density at radius 3 is 2.33 bits per heavy atom. The zero-order valence-corrected chi connectivity index (χ0v) is 7.20. The van der Waals surface area contributed by atoms with Gasteiger partial charge in [-0.05, 0) is 13.3 Å². The molecule has 1 atom stereocenters. The van der Waals surface area contributed by atoms with E-state index < -0.39 is 17.8 Å². The monoisotopic (exact) mass is 171 g/mol. The molecule has 0 aromatic rings. The number of hydrogen-bond donors (Lipinski definition) is 2. The Hall–Kier alpha value is -1.32. The van der Waals surface area contributed by atoms with E-state index in [0.29, 0.717) is 12.0 Å². The molecule has 0 aromatic carbocycles. The molecule has 0 heterocycles. The number of primary amides is 1. The van der Waals surface area contributed by atoms with Crippen LogP contribution in [0.5, 0.6) is 0 Å². The van der Waals surface area contributed by atoms with Crippen LogP contribution < -0.4 is 5.73 Å². The lowest BCUT2D eigenvalue weighted by atomic mass is 10.0. The predicted molar refractivity (Wildman–Crippen MR) is 44.4 cm³/mol. The Kier molecular flexibility index (Phi) is 4.04. The zero-order valence-electron chi connectivity index (χ0n) is 7.20. The SMILES string of the molecule is CCC(/C=C(\C)C(N)=O)C(=O)O. The van der Waals surface area contributed by atoms with E-state index in [9.17, 15) is 9.59 Å². The van der Waals surface area contributed by atoms with E-state index in [1.807, 2.05) is 0 Å². The van der Waals surface area contributed by atoms with Crippen LogP contribution in [0.3, 0.4) is 0 Å². The van der Waals surface area contributed by atoms with Gasteiger partial charge in [0.25, 0.3) is 0 Å². The lowest BCUT2D eigenvalue weighted by Crippen LogP contribution is -2.16. The molecule has 0 aliphatic carbocycles. The molecular formula is C8H13NO3. The molecular weight excluding hydrogens is 158 g/mol. The Balaban J connectivity index is 4.46. The number of nitrogens with two attached hydrogens (primary N) is 1. The average Bonchev–Trinajstić information content (AvgIpc) is 1.98. The second-order valence-corrected chi connectivity index (χ2v) is 2.57. The van der Waals surface area contributed by atoms with Gasteiger partial charge in [0.15, 0.2) is 0 Å². The fourth-order valence-electron chi connectivity index (χ4n) is 0.748. The fourth-order valence-corrected chi connectivity index (χ4v) is 0.748. The van der Waals surface area contributed by atoms with Crippen LogP contribution >= 0.6 is 0 Å². The van der Waals surface area contributed by atoms with Gasteiger partial charge in [0.1, 0.15) is 0 Å². The van der Waals surface area contributed by atoms with E-state index in [1.165, 1.54) is 13.0 Å². The molecule has 4 nitrogen and oxygen atoms in total. The van der Waals surface area contributed by atoms with Gasteiger partial charge in [-0.15, -0.1) is 0 Å². The largest absolute Gasteiger partial charge is 0.481 e. The molecule has 0 radical (unpaired) electrons. The summed E-state index contributed by atoms with van der Waals surface area (Å²) in [5, 5.41) is 8.61. The maximum Gasteiger partial charge on any atom is 0.310 e. The number of carbonyl (C=O) groups is 2. The summed E-state index contributed by atoms with van der Waals surface area (Å²) in [7, 11) is 0. The molecule has 0 spiro atoms. The first-order chi connectivity index (χ1) is 5.49. The van der Waals surface area contributed by atoms with Crippen LogP contribution in [0.4, 0.5) is 0 Å². The Morgan fingerprint density at radius 1 is 1.58 bits per heavy atom. The molecule has 0 bridgehead atoms. The molecule has 68 valence electrons. The minimum atomic E-state index is -0.932. The van der Waals surface area contributed by atoms with Crippen molar-refractivity contribution in [2.75, 3.05) is 0 Å². The molecule has 1 amide bonds. The van der Waals surface area contributed by atoms with Gasteiger partial charge in [-0.25, -0.2) is 0 Å². The van der Waals surface area contributed by atoms with Crippen molar-refractivity contribution in [3.63, 3.8) is 0 Å². The van der Waals surface area contributed by atoms with Crippen molar-refractivity contribution in [2.24, 2.45) is 11.7 Å². The van der Waals surface area contributed by atoms with Crippen LogP contribution in [0.15, 0.2) is 11.6 Å². The number of carboxylic acid groups (broad SMARTS) is 1. The highest BCUT2D eigenvalue weighted by atomic mass is 16.4. The van der Waals surface area contributed by atoms with Crippen molar-refractivity contribution in [1.29, 1.82) is 0 Å². The van der Waals surface area contributed by atoms with Crippen molar-refractivity contribution in [2.45, 2.75) is 20.3 Å². The molecule has 3 N–H and O–H groups in total. The van der Waals surface area contributed by atoms with Gasteiger partial charge in [-0.2, -0.15) is 0 Å². The first kappa shape index (κ1) is 10.7. The molecule has 0 aliphatic rings. The van der Waals surface area contributed by atoms with Crippen molar-refractivity contribution >= 4 is 11.9 Å². The first-order valence-electron chi connectivity index (χ1n) is 3.70. The molecule has 0 fully saturated rings. The van der Waals surface area contributed by atoms with Gasteiger partial charge in [0.05, 0.1) is 5.92 Å². The third-order valence-corrected chi connectivity index (χ3v) is 1.60. The summed E-state index contributed by atoms with van der Waals surface area (Å²) in [4.78, 5) is 21.0. The van der Waals surface area contributed by atoms with Gasteiger partial charge < -0.3 is 10.8 Å². The van der Waals surface area contributed by atoms with Crippen LogP contribution in [0.1, 0.15) is 20.3 Å². The minimum Gasteiger partial charge on any atom is -0.481 e. The molecule has 0 rings (SSSR count). The minimum absolute atomic E-state index is 0.296. The second kappa shape index (κ2) is 4.54. The van der Waals surface area contributed by atoms with Crippen molar-refractivity contribution in [3.05, 3.63) is 11.6 Å². The standard InChI is InChI=1S/C8H13NO3/c1-3-6(8(11)12)4-5(2)7(9)10/h4,6H,3H2,1-2H3,(H2,9,10)(H,11,12)/b5-4+. The number of hydrogen-bond acceptors (Lipinski definition) is 2. The summed E-state index contributed by atoms with van der Waals surface area (Å²) in [6, 6.07) is 0. The number of carboxylic acids is 1. The van der Waals surface area contributed by atoms with Gasteiger partial charge >= 0.3 is 5.97 Å². The van der Waals surface area contributed by atoms with Crippen LogP contribution in [0.25, 0.3) is 0 Å². The van der Waals surface area contributed by atoms with Crippen molar-refractivity contribution < 1.29 is 14.7 Å². The Bertz CT molecular complexity index is 220. The highest BCUT2D eigenvalue weighted by Gasteiger charge is 2.12. The van der Waals surface area contributed by atoms with E-state index >= 15 is 0 Å². The quantitative estimate of drug-likeness (QED) is 0.605. The Labute approximate surface area is 71.1 Å². The normalized spacial score (nSPS) is 14.0. The van der Waals surface area contributed by atoms with Crippen molar-refractivity contribution in [3.8, 4) is 0 Å². The van der Waals surface area contributed by atoms with Crippen LogP contribution in [0.2, 0.25) is 0 Å². The van der Waals surface area contributed by atoms with E-state index in [-0.39, 0.29) is 0 Å². The predicted octanol–water partition coefficient (Wildman–Crippen LogP) is 0.529. The van der Waals surface area contributed by atoms with Gasteiger partial charge in [0.2, 0.25) is 5.91 Å². The number of rotatable bonds is 4. The summed E-state index contributed by atoms with van der Waals surface area (Å²) in [5.41, 5.74) is 5.23. The lowest BCUT2D eigenvalue weighted by molar-refractivity contribution is -0.140. The molecule has 12 heavy (non-hydrogen) atoms. The molecule has 0 aromatic heterocycles. The van der Waals surface area contributed by atoms with E-state index in [2.05, 4.69) is 0 Å². The number of amides is 1. The second-order valence-electron chi connectivity index (χ2n) is 2.57. The molecule has 0 aliphatic heterocycles. The molecule has 1 unspecified atom stereocenters. The fraction of sp³-hybridized carbons (Fsp3) is 0.500. The smallest absolute Gasteiger partial charge is 0.310 e. The zero-order chi connectivity index (χ0) is 9.72. The average molecular weight is 171 g/mol. The molecule has 0 saturated carbocycles. The summed E-state index contributed by atoms with van der Waals surface area (Å²) in [6.07, 6.45) is 1.84. The Morgan fingerprint density at radius 2 is 2.08 bits per heavy atom. The van der Waals surface area contributed by atoms with Crippen LogP contribution in [-0.2, 0) is 9.59 Å². The maximum absolute atomic E-state index is 10.5. The van der Waals surface area contributed by atoms with E-state index in [4.69, 9.17) is 10.8 Å². The van der Waals surface area contributed by atoms with Gasteiger partial charge in [-0.3, -0.25) is 9.59 Å². The third kappa shape index (κ3) is 3.18.